The van der Waals surface area contributed by atoms with Gasteiger partial charge in [-0.15, -0.1) is 0 Å². The maximum absolute atomic E-state index is 12.2. The minimum atomic E-state index is -0.390. The van der Waals surface area contributed by atoms with Crippen LogP contribution >= 0.6 is 0 Å². The monoisotopic (exact) mass is 372 g/mol. The Labute approximate surface area is 163 Å². The Morgan fingerprint density at radius 1 is 0.964 bits per heavy atom. The quantitative estimate of drug-likeness (QED) is 0.504. The number of hydrogen-bond donors (Lipinski definition) is 0. The van der Waals surface area contributed by atoms with Crippen molar-refractivity contribution in [2.45, 2.75) is 26.3 Å². The lowest BCUT2D eigenvalue weighted by Crippen LogP contribution is -2.24. The number of fused-ring (bicyclic) bond motifs is 1. The first-order valence-corrected chi connectivity index (χ1v) is 9.17. The molecular formula is C23H20N2O3. The van der Waals surface area contributed by atoms with E-state index in [4.69, 9.17) is 4.74 Å². The number of hydrazone groups is 1. The van der Waals surface area contributed by atoms with Crippen LogP contribution in [0.1, 0.15) is 37.4 Å². The molecule has 3 aromatic rings. The Balaban J connectivity index is 1.82. The second-order valence-corrected chi connectivity index (χ2v) is 6.80. The van der Waals surface area contributed by atoms with Crippen LogP contribution in [0.5, 0.6) is 5.75 Å². The molecule has 0 radical (unpaired) electrons. The maximum atomic E-state index is 12.2. The van der Waals surface area contributed by atoms with Gasteiger partial charge in [0.25, 0.3) is 0 Å². The van der Waals surface area contributed by atoms with Gasteiger partial charge in [0.05, 0.1) is 11.8 Å². The smallest absolute Gasteiger partial charge is 0.308 e. The summed E-state index contributed by atoms with van der Waals surface area (Å²) in [6.07, 6.45) is 0.552. The number of carbonyl (C=O) groups excluding carboxylic acids is 2. The molecule has 3 aromatic carbocycles. The van der Waals surface area contributed by atoms with Crippen LogP contribution in [-0.4, -0.2) is 22.6 Å². The number of amides is 1. The molecule has 0 spiro atoms. The lowest BCUT2D eigenvalue weighted by Gasteiger charge is -2.20. The Morgan fingerprint density at radius 2 is 1.68 bits per heavy atom. The van der Waals surface area contributed by atoms with Crippen molar-refractivity contribution in [2.24, 2.45) is 5.10 Å². The normalized spacial score (nSPS) is 16.1. The van der Waals surface area contributed by atoms with Crippen LogP contribution in [0.25, 0.3) is 10.8 Å². The van der Waals surface area contributed by atoms with Crippen molar-refractivity contribution in [2.75, 3.05) is 0 Å². The predicted octanol–water partition coefficient (Wildman–Crippen LogP) is 4.46. The highest BCUT2D eigenvalue weighted by Crippen LogP contribution is 2.37. The molecule has 0 aromatic heterocycles. The van der Waals surface area contributed by atoms with Crippen LogP contribution in [-0.2, 0) is 9.59 Å². The van der Waals surface area contributed by atoms with Crippen LogP contribution in [0.3, 0.4) is 0 Å². The summed E-state index contributed by atoms with van der Waals surface area (Å²) in [5, 5.41) is 7.93. The molecule has 0 N–H and O–H groups in total. The van der Waals surface area contributed by atoms with E-state index in [0.29, 0.717) is 12.2 Å². The van der Waals surface area contributed by atoms with Crippen LogP contribution in [0.4, 0.5) is 0 Å². The predicted molar refractivity (Wildman–Crippen MR) is 108 cm³/mol. The maximum Gasteiger partial charge on any atom is 0.308 e. The summed E-state index contributed by atoms with van der Waals surface area (Å²) in [5.41, 5.74) is 2.48. The van der Waals surface area contributed by atoms with Gasteiger partial charge in [-0.25, -0.2) is 5.01 Å². The van der Waals surface area contributed by atoms with Crippen LogP contribution in [0, 0.1) is 0 Å². The van der Waals surface area contributed by atoms with Crippen molar-refractivity contribution in [3.05, 3.63) is 77.9 Å². The highest BCUT2D eigenvalue weighted by atomic mass is 16.5. The molecule has 1 amide bonds. The fraction of sp³-hybridized carbons (Fsp3) is 0.174. The molecule has 5 nitrogen and oxygen atoms in total. The zero-order chi connectivity index (χ0) is 19.7. The second-order valence-electron chi connectivity index (χ2n) is 6.80. The third-order valence-electron chi connectivity index (χ3n) is 4.85. The van der Waals surface area contributed by atoms with E-state index < -0.39 is 0 Å². The van der Waals surface area contributed by atoms with Crippen LogP contribution in [0.15, 0.2) is 71.8 Å². The molecule has 0 aliphatic carbocycles. The van der Waals surface area contributed by atoms with E-state index in [9.17, 15) is 9.59 Å². The summed E-state index contributed by atoms with van der Waals surface area (Å²) in [6, 6.07) is 21.3. The number of benzene rings is 3. The first kappa shape index (κ1) is 17.9. The molecule has 0 saturated carbocycles. The van der Waals surface area contributed by atoms with Gasteiger partial charge in [0.15, 0.2) is 0 Å². The molecule has 1 heterocycles. The number of hydrogen-bond acceptors (Lipinski definition) is 4. The molecule has 1 atom stereocenters. The molecular weight excluding hydrogens is 352 g/mol. The van der Waals surface area contributed by atoms with Gasteiger partial charge in [0, 0.05) is 31.2 Å². The van der Waals surface area contributed by atoms with Crippen molar-refractivity contribution in [1.29, 1.82) is 0 Å². The average Bonchev–Trinajstić information content (AvgIpc) is 3.14. The van der Waals surface area contributed by atoms with Gasteiger partial charge in [-0.3, -0.25) is 9.59 Å². The van der Waals surface area contributed by atoms with E-state index in [0.717, 1.165) is 27.6 Å². The first-order chi connectivity index (χ1) is 13.5. The largest absolute Gasteiger partial charge is 0.425 e. The summed E-state index contributed by atoms with van der Waals surface area (Å²) < 4.78 is 5.58. The standard InChI is InChI=1S/C23H20N2O3/c1-15(26)25-22(18-9-4-3-5-10-18)14-21(24-25)20-13-12-17-8-6-7-11-19(17)23(20)28-16(2)27/h3-13,22H,14H2,1-2H3/t22-/m1/s1. The van der Waals surface area contributed by atoms with Crippen molar-refractivity contribution in [1.82, 2.24) is 5.01 Å². The number of rotatable bonds is 3. The SMILES string of the molecule is CC(=O)Oc1c(C2=NN(C(C)=O)[C@@H](c3ccccc3)C2)ccc2ccccc12. The topological polar surface area (TPSA) is 59.0 Å². The van der Waals surface area contributed by atoms with Crippen molar-refractivity contribution >= 4 is 28.4 Å². The summed E-state index contributed by atoms with van der Waals surface area (Å²) in [4.78, 5) is 24.0. The molecule has 0 unspecified atom stereocenters. The van der Waals surface area contributed by atoms with Crippen LogP contribution < -0.4 is 4.74 Å². The van der Waals surface area contributed by atoms with Crippen molar-refractivity contribution < 1.29 is 14.3 Å². The van der Waals surface area contributed by atoms with Crippen molar-refractivity contribution in [3.8, 4) is 5.75 Å². The lowest BCUT2D eigenvalue weighted by atomic mass is 9.96. The highest BCUT2D eigenvalue weighted by Gasteiger charge is 2.32. The fourth-order valence-electron chi connectivity index (χ4n) is 3.62. The number of esters is 1. The van der Waals surface area contributed by atoms with Crippen LogP contribution in [0.2, 0.25) is 0 Å². The molecule has 28 heavy (non-hydrogen) atoms. The van der Waals surface area contributed by atoms with E-state index in [1.807, 2.05) is 66.7 Å². The molecule has 4 rings (SSSR count). The molecule has 0 saturated heterocycles. The molecule has 0 bridgehead atoms. The Bertz CT molecular complexity index is 1090. The van der Waals surface area contributed by atoms with Gasteiger partial charge < -0.3 is 4.74 Å². The van der Waals surface area contributed by atoms with Gasteiger partial charge in [-0.05, 0) is 17.0 Å². The second kappa shape index (κ2) is 7.27. The minimum absolute atomic E-state index is 0.126. The summed E-state index contributed by atoms with van der Waals surface area (Å²) in [6.45, 7) is 2.90. The third-order valence-corrected chi connectivity index (χ3v) is 4.85. The molecule has 1 aliphatic rings. The molecule has 0 fully saturated rings. The van der Waals surface area contributed by atoms with Gasteiger partial charge in [-0.1, -0.05) is 60.7 Å². The van der Waals surface area contributed by atoms with E-state index in [2.05, 4.69) is 5.10 Å². The first-order valence-electron chi connectivity index (χ1n) is 9.17. The molecule has 5 heteroatoms. The molecule has 140 valence electrons. The van der Waals surface area contributed by atoms with E-state index in [1.54, 1.807) is 0 Å². The average molecular weight is 372 g/mol. The minimum Gasteiger partial charge on any atom is -0.425 e. The van der Waals surface area contributed by atoms with Crippen molar-refractivity contribution in [3.63, 3.8) is 0 Å². The Hall–Kier alpha value is -3.47. The fourth-order valence-corrected chi connectivity index (χ4v) is 3.62. The summed E-state index contributed by atoms with van der Waals surface area (Å²) >= 11 is 0. The van der Waals surface area contributed by atoms with E-state index in [-0.39, 0.29) is 17.9 Å². The Kier molecular flexibility index (Phi) is 4.65. The highest BCUT2D eigenvalue weighted by molar-refractivity contribution is 6.09. The zero-order valence-electron chi connectivity index (χ0n) is 15.8. The van der Waals surface area contributed by atoms with E-state index in [1.165, 1.54) is 18.9 Å². The zero-order valence-corrected chi connectivity index (χ0v) is 15.8. The van der Waals surface area contributed by atoms with Gasteiger partial charge >= 0.3 is 5.97 Å². The number of nitrogens with zero attached hydrogens (tertiary/aromatic N) is 2. The number of carbonyl (C=O) groups is 2. The van der Waals surface area contributed by atoms with E-state index >= 15 is 0 Å². The Morgan fingerprint density at radius 3 is 2.39 bits per heavy atom. The molecule has 1 aliphatic heterocycles. The summed E-state index contributed by atoms with van der Waals surface area (Å²) in [7, 11) is 0. The van der Waals surface area contributed by atoms with Gasteiger partial charge in [0.1, 0.15) is 5.75 Å². The number of ether oxygens (including phenoxy) is 1. The summed E-state index contributed by atoms with van der Waals surface area (Å²) in [5.74, 6) is -0.0283. The van der Waals surface area contributed by atoms with Gasteiger partial charge in [-0.2, -0.15) is 5.10 Å². The third kappa shape index (κ3) is 3.27. The van der Waals surface area contributed by atoms with Gasteiger partial charge in [0.2, 0.25) is 5.91 Å². The lowest BCUT2D eigenvalue weighted by molar-refractivity contribution is -0.132.